The van der Waals surface area contributed by atoms with Gasteiger partial charge in [0.15, 0.2) is 23.9 Å². The van der Waals surface area contributed by atoms with Gasteiger partial charge in [0.2, 0.25) is 0 Å². The first-order valence-electron chi connectivity index (χ1n) is 15.1. The summed E-state index contributed by atoms with van der Waals surface area (Å²) in [5.74, 6) is -3.25. The summed E-state index contributed by atoms with van der Waals surface area (Å²) in [5.41, 5.74) is 2.16. The molecular formula is C33H35F6N3O8. The Morgan fingerprint density at radius 1 is 0.800 bits per heavy atom. The van der Waals surface area contributed by atoms with Gasteiger partial charge in [0.25, 0.3) is 5.91 Å². The molecule has 17 heteroatoms. The predicted molar refractivity (Wildman–Crippen MR) is 164 cm³/mol. The zero-order valence-corrected chi connectivity index (χ0v) is 26.7. The summed E-state index contributed by atoms with van der Waals surface area (Å²) >= 11 is 0. The van der Waals surface area contributed by atoms with E-state index >= 15 is 0 Å². The van der Waals surface area contributed by atoms with E-state index < -0.39 is 24.3 Å². The van der Waals surface area contributed by atoms with E-state index in [0.717, 1.165) is 69.9 Å². The number of nitrogens with zero attached hydrogens (tertiary/aromatic N) is 3. The van der Waals surface area contributed by atoms with Gasteiger partial charge in [-0.05, 0) is 74.0 Å². The van der Waals surface area contributed by atoms with Crippen molar-refractivity contribution in [2.75, 3.05) is 33.3 Å². The third-order valence-corrected chi connectivity index (χ3v) is 8.16. The SMILES string of the molecule is COc1ccccc1Oc1cccc(CN2CCC3(CC2)CCN(C(=O)c2cc[n+]([O-])cc2)CC3)c1.O=C(O)C(F)(F)F.O=C(O)C(F)(F)F. The van der Waals surface area contributed by atoms with Crippen molar-refractivity contribution in [1.82, 2.24) is 9.80 Å². The highest BCUT2D eigenvalue weighted by Crippen LogP contribution is 2.42. The fourth-order valence-electron chi connectivity index (χ4n) is 5.40. The maximum atomic E-state index is 12.8. The highest BCUT2D eigenvalue weighted by atomic mass is 19.4. The number of aromatic nitrogens is 1. The van der Waals surface area contributed by atoms with Gasteiger partial charge in [-0.25, -0.2) is 9.59 Å². The van der Waals surface area contributed by atoms with Crippen molar-refractivity contribution in [3.8, 4) is 17.2 Å². The molecule has 0 radical (unpaired) electrons. The van der Waals surface area contributed by atoms with Gasteiger partial charge in [0.05, 0.1) is 12.7 Å². The maximum Gasteiger partial charge on any atom is 0.490 e. The third-order valence-electron chi connectivity index (χ3n) is 8.16. The van der Waals surface area contributed by atoms with E-state index in [9.17, 15) is 36.3 Å². The second-order valence-corrected chi connectivity index (χ2v) is 11.5. The summed E-state index contributed by atoms with van der Waals surface area (Å²) < 4.78 is 75.7. The number of benzene rings is 2. The maximum absolute atomic E-state index is 12.8. The molecule has 1 spiro atoms. The number of rotatable bonds is 6. The summed E-state index contributed by atoms with van der Waals surface area (Å²) in [5, 5.41) is 25.5. The minimum absolute atomic E-state index is 0.0260. The molecule has 11 nitrogen and oxygen atoms in total. The van der Waals surface area contributed by atoms with Crippen LogP contribution in [0.15, 0.2) is 73.1 Å². The molecule has 3 aromatic rings. The molecule has 1 aromatic heterocycles. The molecule has 2 fully saturated rings. The third kappa shape index (κ3) is 11.8. The lowest BCUT2D eigenvalue weighted by atomic mass is 9.71. The van der Waals surface area contributed by atoms with Crippen LogP contribution in [0.1, 0.15) is 41.6 Å². The van der Waals surface area contributed by atoms with Crippen molar-refractivity contribution in [3.05, 3.63) is 89.4 Å². The van der Waals surface area contributed by atoms with Crippen LogP contribution in [-0.4, -0.2) is 83.5 Å². The van der Waals surface area contributed by atoms with Crippen LogP contribution in [0.4, 0.5) is 26.3 Å². The fourth-order valence-corrected chi connectivity index (χ4v) is 5.40. The van der Waals surface area contributed by atoms with Crippen molar-refractivity contribution >= 4 is 17.8 Å². The van der Waals surface area contributed by atoms with E-state index in [-0.39, 0.29) is 5.91 Å². The standard InChI is InChI=1S/C29H33N3O4.2C2HF3O2/c1-35-26-7-2-3-8-27(26)36-25-6-4-5-23(21-25)22-30-17-11-29(12-18-30)13-19-31(20-14-29)28(33)24-9-15-32(34)16-10-24;2*3-2(4,5)1(6)7/h2-10,15-16,21H,11-14,17-20,22H2,1H3;2*(H,6,7). The number of carbonyl (C=O) groups excluding carboxylic acids is 1. The fraction of sp³-hybridized carbons (Fsp3) is 0.394. The Kier molecular flexibility index (Phi) is 13.4. The highest BCUT2D eigenvalue weighted by Gasteiger charge is 2.40. The number of carbonyl (C=O) groups is 3. The van der Waals surface area contributed by atoms with Gasteiger partial charge < -0.3 is 29.8 Å². The number of carboxylic acids is 2. The molecule has 272 valence electrons. The summed E-state index contributed by atoms with van der Waals surface area (Å²) in [4.78, 5) is 35.1. The number of likely N-dealkylation sites (tertiary alicyclic amines) is 2. The van der Waals surface area contributed by atoms with Gasteiger partial charge in [-0.15, -0.1) is 0 Å². The molecule has 3 heterocycles. The number of carboxylic acid groups (broad SMARTS) is 2. The molecule has 0 atom stereocenters. The van der Waals surface area contributed by atoms with Crippen LogP contribution >= 0.6 is 0 Å². The minimum Gasteiger partial charge on any atom is -0.619 e. The zero-order valence-electron chi connectivity index (χ0n) is 26.7. The number of halogens is 6. The number of ether oxygens (including phenoxy) is 2. The minimum atomic E-state index is -5.08. The summed E-state index contributed by atoms with van der Waals surface area (Å²) in [7, 11) is 1.65. The first-order valence-corrected chi connectivity index (χ1v) is 15.1. The molecule has 2 saturated heterocycles. The topological polar surface area (TPSA) is 144 Å². The van der Waals surface area contributed by atoms with Gasteiger partial charge in [-0.3, -0.25) is 9.69 Å². The first-order chi connectivity index (χ1) is 23.4. The molecule has 2 aliphatic heterocycles. The van der Waals surface area contributed by atoms with Gasteiger partial charge >= 0.3 is 24.3 Å². The molecule has 0 bridgehead atoms. The molecule has 1 amide bonds. The van der Waals surface area contributed by atoms with E-state index in [4.69, 9.17) is 29.3 Å². The van der Waals surface area contributed by atoms with Gasteiger partial charge in [-0.2, -0.15) is 31.1 Å². The quantitative estimate of drug-likeness (QED) is 0.181. The number of alkyl halides is 6. The van der Waals surface area contributed by atoms with Gasteiger partial charge in [0, 0.05) is 31.8 Å². The van der Waals surface area contributed by atoms with Crippen LogP contribution in [0.5, 0.6) is 17.2 Å². The zero-order chi connectivity index (χ0) is 37.1. The van der Waals surface area contributed by atoms with Crippen molar-refractivity contribution in [3.63, 3.8) is 0 Å². The van der Waals surface area contributed by atoms with Crippen molar-refractivity contribution in [2.45, 2.75) is 44.6 Å². The number of pyridine rings is 1. The first kappa shape index (κ1) is 39.4. The lowest BCUT2D eigenvalue weighted by Gasteiger charge is -2.47. The molecule has 5 rings (SSSR count). The Balaban J connectivity index is 0.000000408. The number of hydrogen-bond donors (Lipinski definition) is 2. The number of para-hydroxylation sites is 2. The number of amides is 1. The lowest BCUT2D eigenvalue weighted by Crippen LogP contribution is -2.48. The number of aliphatic carboxylic acids is 2. The average Bonchev–Trinajstić information content (AvgIpc) is 3.06. The largest absolute Gasteiger partial charge is 0.619 e. The molecule has 2 N–H and O–H groups in total. The van der Waals surface area contributed by atoms with E-state index in [2.05, 4.69) is 17.0 Å². The predicted octanol–water partition coefficient (Wildman–Crippen LogP) is 5.91. The van der Waals surface area contributed by atoms with Crippen molar-refractivity contribution in [2.24, 2.45) is 5.41 Å². The highest BCUT2D eigenvalue weighted by molar-refractivity contribution is 5.94. The second-order valence-electron chi connectivity index (χ2n) is 11.5. The Hall–Kier alpha value is -5.06. The molecule has 0 aliphatic carbocycles. The van der Waals surface area contributed by atoms with Crippen LogP contribution in [0.25, 0.3) is 0 Å². The Labute approximate surface area is 282 Å². The summed E-state index contributed by atoms with van der Waals surface area (Å²) in [6.07, 6.45) is -2.99. The molecule has 50 heavy (non-hydrogen) atoms. The van der Waals surface area contributed by atoms with Crippen molar-refractivity contribution < 1.29 is 65.1 Å². The monoisotopic (exact) mass is 715 g/mol. The Bertz CT molecular complexity index is 1560. The molecule has 0 unspecified atom stereocenters. The number of piperidine rings is 2. The Morgan fingerprint density at radius 2 is 1.30 bits per heavy atom. The van der Waals surface area contributed by atoms with Crippen LogP contribution in [-0.2, 0) is 16.1 Å². The number of methoxy groups -OCH3 is 1. The van der Waals surface area contributed by atoms with Crippen LogP contribution in [0, 0.1) is 10.6 Å². The van der Waals surface area contributed by atoms with Crippen LogP contribution in [0.3, 0.4) is 0 Å². The smallest absolute Gasteiger partial charge is 0.490 e. The normalized spacial score (nSPS) is 15.9. The van der Waals surface area contributed by atoms with E-state index in [1.54, 1.807) is 19.2 Å². The number of hydrogen-bond acceptors (Lipinski definition) is 7. The van der Waals surface area contributed by atoms with E-state index in [1.165, 1.54) is 18.0 Å². The lowest BCUT2D eigenvalue weighted by molar-refractivity contribution is -0.605. The summed E-state index contributed by atoms with van der Waals surface area (Å²) in [6.45, 7) is 4.60. The second kappa shape index (κ2) is 17.0. The van der Waals surface area contributed by atoms with Crippen LogP contribution in [0.2, 0.25) is 0 Å². The Morgan fingerprint density at radius 3 is 1.80 bits per heavy atom. The molecule has 2 aromatic carbocycles. The average molecular weight is 716 g/mol. The van der Waals surface area contributed by atoms with Gasteiger partial charge in [-0.1, -0.05) is 24.3 Å². The summed E-state index contributed by atoms with van der Waals surface area (Å²) in [6, 6.07) is 19.2. The van der Waals surface area contributed by atoms with E-state index in [0.29, 0.717) is 21.5 Å². The molecule has 0 saturated carbocycles. The van der Waals surface area contributed by atoms with Crippen LogP contribution < -0.4 is 14.2 Å². The molecule has 2 aliphatic rings. The molecular weight excluding hydrogens is 680 g/mol. The van der Waals surface area contributed by atoms with Crippen molar-refractivity contribution in [1.29, 1.82) is 0 Å². The van der Waals surface area contributed by atoms with E-state index in [1.807, 2.05) is 41.3 Å². The van der Waals surface area contributed by atoms with Gasteiger partial charge in [0.1, 0.15) is 5.75 Å².